The van der Waals surface area contributed by atoms with Crippen LogP contribution in [0.15, 0.2) is 30.6 Å². The molecule has 0 saturated carbocycles. The maximum atomic E-state index is 12.9. The third-order valence-electron chi connectivity index (χ3n) is 3.85. The van der Waals surface area contributed by atoms with Crippen LogP contribution in [0.4, 0.5) is 0 Å². The smallest absolute Gasteiger partial charge is 0.256 e. The maximum absolute atomic E-state index is 12.9. The van der Waals surface area contributed by atoms with Gasteiger partial charge >= 0.3 is 0 Å². The van der Waals surface area contributed by atoms with Crippen LogP contribution in [-0.2, 0) is 0 Å². The highest BCUT2D eigenvalue weighted by Crippen LogP contribution is 2.19. The number of aryl methyl sites for hydroxylation is 1. The fraction of sp³-hybridized carbons (Fsp3) is 0.438. The number of rotatable bonds is 5. The number of carbonyl (C=O) groups excluding carboxylic acids is 1. The lowest BCUT2D eigenvalue weighted by Crippen LogP contribution is -2.45. The number of hydrogen-bond acceptors (Lipinski definition) is 4. The van der Waals surface area contributed by atoms with Crippen LogP contribution < -0.4 is 5.73 Å². The van der Waals surface area contributed by atoms with E-state index in [0.29, 0.717) is 17.8 Å². The summed E-state index contributed by atoms with van der Waals surface area (Å²) in [5.74, 6) is 0.218. The van der Waals surface area contributed by atoms with E-state index in [-0.39, 0.29) is 17.9 Å². The Morgan fingerprint density at radius 3 is 2.50 bits per heavy atom. The highest BCUT2D eigenvalue weighted by molar-refractivity contribution is 5.98. The predicted molar refractivity (Wildman–Crippen MR) is 85.9 cm³/mol. The largest absolute Gasteiger partial charge is 0.337 e. The number of nitrogens with two attached hydrogens (primary N) is 1. The molecule has 1 unspecified atom stereocenters. The Morgan fingerprint density at radius 2 is 1.95 bits per heavy atom. The Kier molecular flexibility index (Phi) is 4.92. The topological polar surface area (TPSA) is 77.0 Å². The van der Waals surface area contributed by atoms with Crippen LogP contribution in [-0.4, -0.2) is 45.4 Å². The van der Waals surface area contributed by atoms with Gasteiger partial charge < -0.3 is 10.6 Å². The Morgan fingerprint density at radius 1 is 1.32 bits per heavy atom. The zero-order valence-corrected chi connectivity index (χ0v) is 13.5. The highest BCUT2D eigenvalue weighted by Gasteiger charge is 2.25. The molecule has 0 aliphatic heterocycles. The SMILES string of the molecule is Cc1ccc(-n2nccn2)c(C(=O)N(C)C(CN)C(C)C)c1. The van der Waals surface area contributed by atoms with Crippen molar-refractivity contribution in [2.45, 2.75) is 26.8 Å². The first kappa shape index (κ1) is 16.2. The standard InChI is InChI=1S/C16H23N5O/c1-11(2)15(10-17)20(4)16(22)13-9-12(3)5-6-14(13)21-18-7-8-19-21/h5-9,11,15H,10,17H2,1-4H3. The number of hydrogen-bond donors (Lipinski definition) is 1. The molecule has 0 aliphatic rings. The molecular weight excluding hydrogens is 278 g/mol. The van der Waals surface area contributed by atoms with Crippen molar-refractivity contribution in [1.29, 1.82) is 0 Å². The van der Waals surface area contributed by atoms with E-state index in [4.69, 9.17) is 5.73 Å². The first-order chi connectivity index (χ1) is 10.5. The van der Waals surface area contributed by atoms with E-state index in [2.05, 4.69) is 24.0 Å². The van der Waals surface area contributed by atoms with Gasteiger partial charge in [0.15, 0.2) is 0 Å². The van der Waals surface area contributed by atoms with Crippen molar-refractivity contribution in [3.8, 4) is 5.69 Å². The number of amides is 1. The zero-order valence-electron chi connectivity index (χ0n) is 13.5. The number of likely N-dealkylation sites (N-methyl/N-ethyl adjacent to an activating group) is 1. The summed E-state index contributed by atoms with van der Waals surface area (Å²) in [6.07, 6.45) is 3.18. The van der Waals surface area contributed by atoms with Gasteiger partial charge in [-0.3, -0.25) is 4.79 Å². The lowest BCUT2D eigenvalue weighted by molar-refractivity contribution is 0.0696. The third-order valence-corrected chi connectivity index (χ3v) is 3.85. The maximum Gasteiger partial charge on any atom is 0.256 e. The Bertz CT molecular complexity index is 636. The Hall–Kier alpha value is -2.21. The van der Waals surface area contributed by atoms with E-state index in [9.17, 15) is 4.79 Å². The molecule has 0 radical (unpaired) electrons. The van der Waals surface area contributed by atoms with Crippen LogP contribution in [0.2, 0.25) is 0 Å². The number of carbonyl (C=O) groups is 1. The second kappa shape index (κ2) is 6.70. The summed E-state index contributed by atoms with van der Waals surface area (Å²) < 4.78 is 0. The van der Waals surface area contributed by atoms with Crippen LogP contribution in [0, 0.1) is 12.8 Å². The molecule has 2 N–H and O–H groups in total. The van der Waals surface area contributed by atoms with Gasteiger partial charge in [0.1, 0.15) is 0 Å². The molecule has 1 atom stereocenters. The van der Waals surface area contributed by atoms with Crippen molar-refractivity contribution in [1.82, 2.24) is 19.9 Å². The minimum atomic E-state index is -0.0693. The second-order valence-electron chi connectivity index (χ2n) is 5.80. The third kappa shape index (κ3) is 3.17. The first-order valence-corrected chi connectivity index (χ1v) is 7.40. The van der Waals surface area contributed by atoms with Gasteiger partial charge in [-0.2, -0.15) is 15.0 Å². The highest BCUT2D eigenvalue weighted by atomic mass is 16.2. The number of nitrogens with zero attached hydrogens (tertiary/aromatic N) is 4. The van der Waals surface area contributed by atoms with Crippen molar-refractivity contribution in [3.63, 3.8) is 0 Å². The zero-order chi connectivity index (χ0) is 16.3. The second-order valence-corrected chi connectivity index (χ2v) is 5.80. The molecule has 2 aromatic rings. The molecule has 118 valence electrons. The molecule has 1 amide bonds. The average Bonchev–Trinajstić information content (AvgIpc) is 3.00. The van der Waals surface area contributed by atoms with Crippen molar-refractivity contribution in [2.24, 2.45) is 11.7 Å². The van der Waals surface area contributed by atoms with Gasteiger partial charge in [-0.1, -0.05) is 25.5 Å². The van der Waals surface area contributed by atoms with Crippen LogP contribution in [0.5, 0.6) is 0 Å². The summed E-state index contributed by atoms with van der Waals surface area (Å²) in [4.78, 5) is 16.1. The minimum absolute atomic E-state index is 0.00792. The van der Waals surface area contributed by atoms with Gasteiger partial charge in [-0.15, -0.1) is 0 Å². The normalized spacial score (nSPS) is 12.5. The molecule has 2 rings (SSSR count). The van der Waals surface area contributed by atoms with Crippen LogP contribution in [0.1, 0.15) is 29.8 Å². The summed E-state index contributed by atoms with van der Waals surface area (Å²) >= 11 is 0. The lowest BCUT2D eigenvalue weighted by Gasteiger charge is -2.30. The van der Waals surface area contributed by atoms with Gasteiger partial charge in [-0.25, -0.2) is 0 Å². The van der Waals surface area contributed by atoms with E-state index in [1.165, 1.54) is 4.80 Å². The predicted octanol–water partition coefficient (Wildman–Crippen LogP) is 1.63. The van der Waals surface area contributed by atoms with Crippen LogP contribution >= 0.6 is 0 Å². The number of aromatic nitrogens is 3. The van der Waals surface area contributed by atoms with Crippen molar-refractivity contribution < 1.29 is 4.79 Å². The summed E-state index contributed by atoms with van der Waals surface area (Å²) in [5.41, 5.74) is 8.10. The molecule has 0 fully saturated rings. The van der Waals surface area contributed by atoms with E-state index in [0.717, 1.165) is 5.56 Å². The quantitative estimate of drug-likeness (QED) is 0.910. The Labute approximate surface area is 130 Å². The van der Waals surface area contributed by atoms with Gasteiger partial charge in [0.25, 0.3) is 5.91 Å². The van der Waals surface area contributed by atoms with E-state index < -0.39 is 0 Å². The first-order valence-electron chi connectivity index (χ1n) is 7.40. The molecule has 1 aromatic carbocycles. The summed E-state index contributed by atoms with van der Waals surface area (Å²) in [5, 5.41) is 8.26. The van der Waals surface area contributed by atoms with Crippen molar-refractivity contribution in [3.05, 3.63) is 41.7 Å². The Balaban J connectivity index is 2.43. The molecule has 0 bridgehead atoms. The lowest BCUT2D eigenvalue weighted by atomic mass is 10.0. The summed E-state index contributed by atoms with van der Waals surface area (Å²) in [6.45, 7) is 6.52. The molecule has 6 heteroatoms. The molecular formula is C16H23N5O. The van der Waals surface area contributed by atoms with Crippen molar-refractivity contribution in [2.75, 3.05) is 13.6 Å². The van der Waals surface area contributed by atoms with Gasteiger partial charge in [0.05, 0.1) is 23.6 Å². The molecule has 22 heavy (non-hydrogen) atoms. The molecule has 0 spiro atoms. The van der Waals surface area contributed by atoms with E-state index in [1.807, 2.05) is 25.1 Å². The van der Waals surface area contributed by atoms with Gasteiger partial charge in [0, 0.05) is 19.6 Å². The number of benzene rings is 1. The monoisotopic (exact) mass is 301 g/mol. The summed E-state index contributed by atoms with van der Waals surface area (Å²) in [7, 11) is 1.79. The molecule has 0 aliphatic carbocycles. The average molecular weight is 301 g/mol. The molecule has 6 nitrogen and oxygen atoms in total. The fourth-order valence-corrected chi connectivity index (χ4v) is 2.55. The van der Waals surface area contributed by atoms with Gasteiger partial charge in [0.2, 0.25) is 0 Å². The van der Waals surface area contributed by atoms with E-state index >= 15 is 0 Å². The van der Waals surface area contributed by atoms with E-state index in [1.54, 1.807) is 24.3 Å². The fourth-order valence-electron chi connectivity index (χ4n) is 2.55. The molecule has 0 saturated heterocycles. The van der Waals surface area contributed by atoms with Gasteiger partial charge in [-0.05, 0) is 25.0 Å². The van der Waals surface area contributed by atoms with Crippen molar-refractivity contribution >= 4 is 5.91 Å². The summed E-state index contributed by atoms with van der Waals surface area (Å²) in [6, 6.07) is 5.67. The minimum Gasteiger partial charge on any atom is -0.337 e. The molecule has 1 aromatic heterocycles. The molecule has 1 heterocycles. The van der Waals surface area contributed by atoms with Crippen LogP contribution in [0.3, 0.4) is 0 Å². The van der Waals surface area contributed by atoms with Crippen LogP contribution in [0.25, 0.3) is 5.69 Å².